The van der Waals surface area contributed by atoms with Gasteiger partial charge in [0.05, 0.1) is 16.3 Å². The summed E-state index contributed by atoms with van der Waals surface area (Å²) >= 11 is 6.69. The first-order chi connectivity index (χ1) is 12.8. The molecule has 0 fully saturated rings. The molecule has 0 aliphatic rings. The van der Waals surface area contributed by atoms with Gasteiger partial charge in [-0.1, -0.05) is 54.2 Å². The summed E-state index contributed by atoms with van der Waals surface area (Å²) < 4.78 is 6.70. The van der Waals surface area contributed by atoms with Crippen LogP contribution in [0.1, 0.15) is 16.3 Å². The average Bonchev–Trinajstić information content (AvgIpc) is 3.31. The molecule has 26 heavy (non-hydrogen) atoms. The maximum Gasteiger partial charge on any atom is 0.277 e. The SMILES string of the molecule is Brc1ccccc1-c1nnc(SCc2csc(Cc3ccccc3)n2)o1. The highest BCUT2D eigenvalue weighted by Crippen LogP contribution is 2.30. The molecule has 4 aromatic rings. The minimum atomic E-state index is 0.517. The van der Waals surface area contributed by atoms with E-state index >= 15 is 0 Å². The first kappa shape index (κ1) is 17.5. The fourth-order valence-corrected chi connectivity index (χ4v) is 4.46. The molecule has 0 spiro atoms. The van der Waals surface area contributed by atoms with Crippen molar-refractivity contribution in [3.63, 3.8) is 0 Å². The van der Waals surface area contributed by atoms with E-state index in [0.29, 0.717) is 16.9 Å². The molecule has 2 heterocycles. The smallest absolute Gasteiger partial charge is 0.277 e. The number of hydrogen-bond acceptors (Lipinski definition) is 6. The minimum absolute atomic E-state index is 0.517. The Morgan fingerprint density at radius 1 is 1.00 bits per heavy atom. The standard InChI is InChI=1S/C19H14BrN3OS2/c20-16-9-5-4-8-15(16)18-22-23-19(24-18)26-12-14-11-25-17(21-14)10-13-6-2-1-3-7-13/h1-9,11H,10,12H2. The van der Waals surface area contributed by atoms with Gasteiger partial charge >= 0.3 is 0 Å². The van der Waals surface area contributed by atoms with Crippen molar-refractivity contribution in [3.05, 3.63) is 80.7 Å². The average molecular weight is 444 g/mol. The van der Waals surface area contributed by atoms with Gasteiger partial charge in [-0.2, -0.15) is 0 Å². The quantitative estimate of drug-likeness (QED) is 0.350. The number of halogens is 1. The highest BCUT2D eigenvalue weighted by Gasteiger charge is 2.12. The summed E-state index contributed by atoms with van der Waals surface area (Å²) in [7, 11) is 0. The molecular formula is C19H14BrN3OS2. The van der Waals surface area contributed by atoms with E-state index in [1.807, 2.05) is 30.3 Å². The number of thiazole rings is 1. The molecular weight excluding hydrogens is 430 g/mol. The molecule has 0 N–H and O–H groups in total. The third kappa shape index (κ3) is 4.23. The van der Waals surface area contributed by atoms with Crippen molar-refractivity contribution in [2.75, 3.05) is 0 Å². The maximum atomic E-state index is 5.76. The largest absolute Gasteiger partial charge is 0.411 e. The zero-order valence-electron chi connectivity index (χ0n) is 13.6. The third-order valence-corrected chi connectivity index (χ3v) is 6.09. The number of nitrogens with zero attached hydrogens (tertiary/aromatic N) is 3. The molecule has 0 bridgehead atoms. The van der Waals surface area contributed by atoms with Crippen molar-refractivity contribution >= 4 is 39.0 Å². The molecule has 4 rings (SSSR count). The molecule has 4 nitrogen and oxygen atoms in total. The Hall–Kier alpha value is -1.96. The van der Waals surface area contributed by atoms with Crippen molar-refractivity contribution in [1.82, 2.24) is 15.2 Å². The van der Waals surface area contributed by atoms with Crippen molar-refractivity contribution in [2.45, 2.75) is 17.4 Å². The molecule has 0 aliphatic heterocycles. The van der Waals surface area contributed by atoms with E-state index in [9.17, 15) is 0 Å². The number of hydrogen-bond donors (Lipinski definition) is 0. The van der Waals surface area contributed by atoms with Gasteiger partial charge in [-0.25, -0.2) is 4.98 Å². The van der Waals surface area contributed by atoms with Crippen molar-refractivity contribution in [2.24, 2.45) is 0 Å². The van der Waals surface area contributed by atoms with Crippen LogP contribution in [0.25, 0.3) is 11.5 Å². The van der Waals surface area contributed by atoms with Gasteiger partial charge < -0.3 is 4.42 Å². The van der Waals surface area contributed by atoms with Crippen LogP contribution in [0.4, 0.5) is 0 Å². The van der Waals surface area contributed by atoms with Crippen LogP contribution in [0, 0.1) is 0 Å². The normalized spacial score (nSPS) is 11.0. The summed E-state index contributed by atoms with van der Waals surface area (Å²) in [6.07, 6.45) is 0.864. The zero-order valence-corrected chi connectivity index (χ0v) is 16.9. The Bertz CT molecular complexity index is 1000. The van der Waals surface area contributed by atoms with Gasteiger partial charge in [-0.15, -0.1) is 21.5 Å². The van der Waals surface area contributed by atoms with E-state index in [-0.39, 0.29) is 0 Å². The number of aromatic nitrogens is 3. The van der Waals surface area contributed by atoms with Gasteiger partial charge in [-0.3, -0.25) is 0 Å². The zero-order chi connectivity index (χ0) is 17.8. The molecule has 0 atom stereocenters. The van der Waals surface area contributed by atoms with Crippen molar-refractivity contribution in [1.29, 1.82) is 0 Å². The first-order valence-electron chi connectivity index (χ1n) is 7.96. The fraction of sp³-hybridized carbons (Fsp3) is 0.105. The molecule has 0 radical (unpaired) electrons. The lowest BCUT2D eigenvalue weighted by Crippen LogP contribution is -1.88. The Balaban J connectivity index is 1.39. The molecule has 130 valence electrons. The summed E-state index contributed by atoms with van der Waals surface area (Å²) in [6, 6.07) is 18.2. The van der Waals surface area contributed by atoms with Crippen molar-refractivity contribution in [3.8, 4) is 11.5 Å². The van der Waals surface area contributed by atoms with Crippen LogP contribution in [-0.4, -0.2) is 15.2 Å². The highest BCUT2D eigenvalue weighted by molar-refractivity contribution is 9.10. The van der Waals surface area contributed by atoms with Crippen LogP contribution in [-0.2, 0) is 12.2 Å². The Labute approximate surface area is 167 Å². The van der Waals surface area contributed by atoms with Crippen molar-refractivity contribution < 1.29 is 4.42 Å². The molecule has 0 aliphatic carbocycles. The van der Waals surface area contributed by atoms with E-state index < -0.39 is 0 Å². The van der Waals surface area contributed by atoms with E-state index in [0.717, 1.165) is 27.2 Å². The first-order valence-corrected chi connectivity index (χ1v) is 10.6. The Morgan fingerprint density at radius 2 is 1.81 bits per heavy atom. The lowest BCUT2D eigenvalue weighted by atomic mass is 10.2. The number of rotatable bonds is 6. The molecule has 2 aromatic carbocycles. The Kier molecular flexibility index (Phi) is 5.48. The Morgan fingerprint density at radius 3 is 2.65 bits per heavy atom. The van der Waals surface area contributed by atoms with Gasteiger partial charge in [-0.05, 0) is 33.6 Å². The summed E-state index contributed by atoms with van der Waals surface area (Å²) in [6.45, 7) is 0. The van der Waals surface area contributed by atoms with Gasteiger partial charge in [0.1, 0.15) is 0 Å². The van der Waals surface area contributed by atoms with Gasteiger partial charge in [0, 0.05) is 22.0 Å². The van der Waals surface area contributed by atoms with Crippen LogP contribution < -0.4 is 0 Å². The highest BCUT2D eigenvalue weighted by atomic mass is 79.9. The summed E-state index contributed by atoms with van der Waals surface area (Å²) in [4.78, 5) is 4.70. The maximum absolute atomic E-state index is 5.76. The molecule has 0 saturated carbocycles. The molecule has 2 aromatic heterocycles. The predicted octanol–water partition coefficient (Wildman–Crippen LogP) is 5.84. The third-order valence-electron chi connectivity index (χ3n) is 3.65. The lowest BCUT2D eigenvalue weighted by molar-refractivity contribution is 0.465. The van der Waals surface area contributed by atoms with E-state index in [4.69, 9.17) is 9.40 Å². The van der Waals surface area contributed by atoms with E-state index in [1.165, 1.54) is 17.3 Å². The second kappa shape index (κ2) is 8.16. The minimum Gasteiger partial charge on any atom is -0.411 e. The molecule has 0 saturated heterocycles. The summed E-state index contributed by atoms with van der Waals surface area (Å²) in [5, 5.41) is 12.0. The topological polar surface area (TPSA) is 51.8 Å². The molecule has 0 amide bonds. The van der Waals surface area contributed by atoms with Crippen LogP contribution in [0.15, 0.2) is 74.1 Å². The molecule has 7 heteroatoms. The monoisotopic (exact) mass is 443 g/mol. The second-order valence-electron chi connectivity index (χ2n) is 5.54. The number of benzene rings is 2. The summed E-state index contributed by atoms with van der Waals surface area (Å²) in [5.41, 5.74) is 3.20. The second-order valence-corrected chi connectivity index (χ2v) is 8.26. The van der Waals surface area contributed by atoms with Gasteiger partial charge in [0.2, 0.25) is 5.89 Å². The van der Waals surface area contributed by atoms with Crippen LogP contribution in [0.5, 0.6) is 0 Å². The number of thioether (sulfide) groups is 1. The summed E-state index contributed by atoms with van der Waals surface area (Å²) in [5.74, 6) is 1.23. The van der Waals surface area contributed by atoms with Gasteiger partial charge in [0.15, 0.2) is 0 Å². The van der Waals surface area contributed by atoms with Crippen LogP contribution in [0.3, 0.4) is 0 Å². The van der Waals surface area contributed by atoms with Crippen LogP contribution >= 0.6 is 39.0 Å². The fourth-order valence-electron chi connectivity index (χ4n) is 2.41. The van der Waals surface area contributed by atoms with E-state index in [2.05, 4.69) is 55.8 Å². The van der Waals surface area contributed by atoms with E-state index in [1.54, 1.807) is 11.3 Å². The lowest BCUT2D eigenvalue weighted by Gasteiger charge is -1.97. The van der Waals surface area contributed by atoms with Gasteiger partial charge in [0.25, 0.3) is 5.22 Å². The molecule has 0 unspecified atom stereocenters. The predicted molar refractivity (Wildman–Crippen MR) is 108 cm³/mol. The van der Waals surface area contributed by atoms with Crippen LogP contribution in [0.2, 0.25) is 0 Å².